The first-order chi connectivity index (χ1) is 11.2. The van der Waals surface area contributed by atoms with Crippen LogP contribution in [0.2, 0.25) is 0 Å². The highest BCUT2D eigenvalue weighted by atomic mass is 16.5. The van der Waals surface area contributed by atoms with Crippen molar-refractivity contribution in [2.45, 2.75) is 32.1 Å². The van der Waals surface area contributed by atoms with E-state index < -0.39 is 0 Å². The molecule has 0 fully saturated rings. The Balaban J connectivity index is 1.89. The van der Waals surface area contributed by atoms with Gasteiger partial charge in [0.1, 0.15) is 5.75 Å². The maximum Gasteiger partial charge on any atom is 0.413 e. The second kappa shape index (κ2) is 6.86. The quantitative estimate of drug-likeness (QED) is 0.847. The number of rotatable bonds is 4. The van der Waals surface area contributed by atoms with Crippen LogP contribution in [0.15, 0.2) is 35.0 Å². The van der Waals surface area contributed by atoms with Gasteiger partial charge in [0.05, 0.1) is 13.7 Å². The molecule has 0 saturated carbocycles. The number of carbonyl (C=O) groups excluding carboxylic acids is 1. The van der Waals surface area contributed by atoms with Crippen LogP contribution in [0.25, 0.3) is 0 Å². The van der Waals surface area contributed by atoms with Gasteiger partial charge in [-0.25, -0.2) is 4.79 Å². The topological polar surface area (TPSA) is 51.1 Å². The number of methoxy groups -OCH3 is 1. The summed E-state index contributed by atoms with van der Waals surface area (Å²) in [6, 6.07) is 5.92. The van der Waals surface area contributed by atoms with Gasteiger partial charge < -0.3 is 9.47 Å². The lowest BCUT2D eigenvalue weighted by atomic mass is 9.88. The molecule has 122 valence electrons. The molecule has 2 aliphatic heterocycles. The molecule has 0 radical (unpaired) electrons. The summed E-state index contributed by atoms with van der Waals surface area (Å²) in [7, 11) is 1.40. The third kappa shape index (κ3) is 3.23. The van der Waals surface area contributed by atoms with Crippen molar-refractivity contribution in [1.82, 2.24) is 0 Å². The van der Waals surface area contributed by atoms with E-state index in [2.05, 4.69) is 17.1 Å². The highest BCUT2D eigenvalue weighted by Gasteiger charge is 2.25. The van der Waals surface area contributed by atoms with Gasteiger partial charge in [-0.3, -0.25) is 9.89 Å². The summed E-state index contributed by atoms with van der Waals surface area (Å²) in [6.45, 7) is 3.22. The smallest absolute Gasteiger partial charge is 0.413 e. The molecule has 0 spiro atoms. The molecule has 1 unspecified atom stereocenters. The van der Waals surface area contributed by atoms with E-state index in [-0.39, 0.29) is 6.09 Å². The Kier molecular flexibility index (Phi) is 4.65. The number of allylic oxidation sites excluding steroid dienone is 2. The fraction of sp³-hybridized carbons (Fsp3) is 0.444. The predicted molar refractivity (Wildman–Crippen MR) is 90.5 cm³/mol. The summed E-state index contributed by atoms with van der Waals surface area (Å²) in [5.41, 5.74) is 3.14. The first-order valence-corrected chi connectivity index (χ1v) is 8.06. The maximum absolute atomic E-state index is 11.9. The summed E-state index contributed by atoms with van der Waals surface area (Å²) in [5, 5.41) is 0. The van der Waals surface area contributed by atoms with E-state index in [9.17, 15) is 4.79 Å². The number of fused-ring (bicyclic) bond motifs is 1. The van der Waals surface area contributed by atoms with Crippen molar-refractivity contribution in [3.05, 3.63) is 35.5 Å². The van der Waals surface area contributed by atoms with Gasteiger partial charge in [-0.05, 0) is 49.4 Å². The molecule has 0 saturated heterocycles. The van der Waals surface area contributed by atoms with Gasteiger partial charge in [0.15, 0.2) is 0 Å². The molecular formula is C18H22N2O3. The zero-order valence-electron chi connectivity index (χ0n) is 13.6. The van der Waals surface area contributed by atoms with E-state index in [0.29, 0.717) is 12.5 Å². The Morgan fingerprint density at radius 1 is 1.48 bits per heavy atom. The first kappa shape index (κ1) is 15.6. The fourth-order valence-corrected chi connectivity index (χ4v) is 3.16. The van der Waals surface area contributed by atoms with Crippen LogP contribution in [0.4, 0.5) is 10.5 Å². The van der Waals surface area contributed by atoms with Gasteiger partial charge in [0.2, 0.25) is 0 Å². The van der Waals surface area contributed by atoms with Crippen molar-refractivity contribution in [1.29, 1.82) is 0 Å². The van der Waals surface area contributed by atoms with Crippen LogP contribution >= 0.6 is 0 Å². The van der Waals surface area contributed by atoms with E-state index in [1.807, 2.05) is 25.3 Å². The molecule has 2 aliphatic rings. The Hall–Kier alpha value is -2.30. The molecule has 3 rings (SSSR count). The highest BCUT2D eigenvalue weighted by Crippen LogP contribution is 2.40. The lowest BCUT2D eigenvalue weighted by molar-refractivity contribution is 0.179. The summed E-state index contributed by atoms with van der Waals surface area (Å²) >= 11 is 0. The first-order valence-electron chi connectivity index (χ1n) is 8.06. The number of hydrogen-bond acceptors (Lipinski definition) is 4. The predicted octanol–water partition coefficient (Wildman–Crippen LogP) is 3.89. The lowest BCUT2D eigenvalue weighted by Gasteiger charge is -2.28. The average Bonchev–Trinajstić information content (AvgIpc) is 3.09. The average molecular weight is 314 g/mol. The lowest BCUT2D eigenvalue weighted by Crippen LogP contribution is -2.30. The minimum Gasteiger partial charge on any atom is -0.493 e. The van der Waals surface area contributed by atoms with Crippen molar-refractivity contribution >= 4 is 18.0 Å². The van der Waals surface area contributed by atoms with Crippen LogP contribution in [-0.2, 0) is 4.74 Å². The summed E-state index contributed by atoms with van der Waals surface area (Å²) in [5.74, 6) is 1.28. The standard InChI is InChI=1S/C18H22N2O3/c1-3-20(18(21)22-2)15-6-7-17-16(12-15)13(8-10-23-17)11-14-5-4-9-19-14/h5-7,9,12-13H,3-4,8,10-11H2,1-2H3. The molecule has 0 aliphatic carbocycles. The number of benzene rings is 1. The second-order valence-electron chi connectivity index (χ2n) is 5.72. The fourth-order valence-electron chi connectivity index (χ4n) is 3.16. The normalized spacial score (nSPS) is 18.9. The number of carbonyl (C=O) groups is 1. The number of nitrogens with zero attached hydrogens (tertiary/aromatic N) is 2. The van der Waals surface area contributed by atoms with Crippen LogP contribution < -0.4 is 9.64 Å². The van der Waals surface area contributed by atoms with Crippen molar-refractivity contribution < 1.29 is 14.3 Å². The molecule has 0 aromatic heterocycles. The van der Waals surface area contributed by atoms with Crippen LogP contribution in [-0.4, -0.2) is 32.6 Å². The molecule has 2 heterocycles. The number of hydrogen-bond donors (Lipinski definition) is 0. The molecule has 5 heteroatoms. The molecule has 0 bridgehead atoms. The number of anilines is 1. The Morgan fingerprint density at radius 3 is 3.04 bits per heavy atom. The van der Waals surface area contributed by atoms with Crippen molar-refractivity contribution in [2.24, 2.45) is 4.99 Å². The van der Waals surface area contributed by atoms with Crippen LogP contribution in [0, 0.1) is 0 Å². The molecule has 0 N–H and O–H groups in total. The Morgan fingerprint density at radius 2 is 2.35 bits per heavy atom. The summed E-state index contributed by atoms with van der Waals surface area (Å²) in [4.78, 5) is 18.0. The SMILES string of the molecule is CCN(C(=O)OC)c1ccc2c(c1)C(CC1=CCC=N1)CCO2. The number of aliphatic imine (C=N–C) groups is 1. The minimum absolute atomic E-state index is 0.344. The minimum atomic E-state index is -0.344. The van der Waals surface area contributed by atoms with Crippen molar-refractivity contribution in [3.63, 3.8) is 0 Å². The number of ether oxygens (including phenoxy) is 2. The van der Waals surface area contributed by atoms with Crippen LogP contribution in [0.1, 0.15) is 37.7 Å². The molecule has 1 aromatic carbocycles. The third-order valence-electron chi connectivity index (χ3n) is 4.35. The van der Waals surface area contributed by atoms with E-state index in [0.717, 1.165) is 48.6 Å². The van der Waals surface area contributed by atoms with E-state index >= 15 is 0 Å². The Bertz CT molecular complexity index is 652. The highest BCUT2D eigenvalue weighted by molar-refractivity contribution is 5.87. The van der Waals surface area contributed by atoms with E-state index in [1.165, 1.54) is 7.11 Å². The molecule has 23 heavy (non-hydrogen) atoms. The molecule has 1 amide bonds. The third-order valence-corrected chi connectivity index (χ3v) is 4.35. The zero-order valence-corrected chi connectivity index (χ0v) is 13.6. The van der Waals surface area contributed by atoms with Gasteiger partial charge in [-0.2, -0.15) is 0 Å². The van der Waals surface area contributed by atoms with Crippen molar-refractivity contribution in [2.75, 3.05) is 25.2 Å². The largest absolute Gasteiger partial charge is 0.493 e. The molecule has 1 aromatic rings. The van der Waals surface area contributed by atoms with Gasteiger partial charge in [0.25, 0.3) is 0 Å². The van der Waals surface area contributed by atoms with Gasteiger partial charge in [0, 0.05) is 30.6 Å². The van der Waals surface area contributed by atoms with E-state index in [4.69, 9.17) is 9.47 Å². The van der Waals surface area contributed by atoms with Crippen LogP contribution in [0.3, 0.4) is 0 Å². The van der Waals surface area contributed by atoms with Gasteiger partial charge in [-0.1, -0.05) is 6.08 Å². The van der Waals surface area contributed by atoms with Gasteiger partial charge in [-0.15, -0.1) is 0 Å². The molecular weight excluding hydrogens is 292 g/mol. The van der Waals surface area contributed by atoms with E-state index in [1.54, 1.807) is 4.90 Å². The van der Waals surface area contributed by atoms with Gasteiger partial charge >= 0.3 is 6.09 Å². The Labute approximate surface area is 136 Å². The molecule has 1 atom stereocenters. The second-order valence-corrected chi connectivity index (χ2v) is 5.72. The maximum atomic E-state index is 11.9. The van der Waals surface area contributed by atoms with Crippen molar-refractivity contribution in [3.8, 4) is 5.75 Å². The monoisotopic (exact) mass is 314 g/mol. The zero-order chi connectivity index (χ0) is 16.2. The molecule has 5 nitrogen and oxygen atoms in total. The summed E-state index contributed by atoms with van der Waals surface area (Å²) in [6.07, 6.45) is 6.59. The van der Waals surface area contributed by atoms with Crippen LogP contribution in [0.5, 0.6) is 5.75 Å². The number of amides is 1. The summed E-state index contributed by atoms with van der Waals surface area (Å²) < 4.78 is 10.6.